The zero-order valence-electron chi connectivity index (χ0n) is 8.54. The fraction of sp³-hybridized carbons (Fsp3) is 1.00. The molecule has 2 nitrogen and oxygen atoms in total. The third-order valence-corrected chi connectivity index (χ3v) is 1.18. The van der Waals surface area contributed by atoms with Crippen LogP contribution in [0.5, 0.6) is 0 Å². The molecule has 0 aliphatic carbocycles. The molecular formula is C13H40N2. The zero-order chi connectivity index (χ0) is 8.95. The average Bonchev–Trinajstić information content (AvgIpc) is 2.04. The lowest BCUT2D eigenvalue weighted by Crippen LogP contribution is -2.12. The zero-order valence-corrected chi connectivity index (χ0v) is 8.54. The van der Waals surface area contributed by atoms with Gasteiger partial charge in [0.05, 0.1) is 0 Å². The Hall–Kier alpha value is -0.0800. The van der Waals surface area contributed by atoms with E-state index in [1.165, 1.54) is 6.42 Å². The van der Waals surface area contributed by atoms with Crippen molar-refractivity contribution in [3.8, 4) is 0 Å². The van der Waals surface area contributed by atoms with Gasteiger partial charge in [0, 0.05) is 0 Å². The molecule has 0 bridgehead atoms. The normalized spacial score (nSPS) is 6.40. The van der Waals surface area contributed by atoms with Gasteiger partial charge in [-0.1, -0.05) is 57.4 Å². The van der Waals surface area contributed by atoms with Crippen LogP contribution in [0.4, 0.5) is 0 Å². The molecule has 0 aromatic rings. The van der Waals surface area contributed by atoms with Crippen LogP contribution in [0.25, 0.3) is 0 Å². The van der Waals surface area contributed by atoms with Crippen LogP contribution in [-0.2, 0) is 0 Å². The highest BCUT2D eigenvalue weighted by atomic mass is 14.8. The Morgan fingerprint density at radius 2 is 0.933 bits per heavy atom. The molecule has 0 atom stereocenters. The lowest BCUT2D eigenvalue weighted by Gasteiger charge is -1.91. The van der Waals surface area contributed by atoms with Crippen molar-refractivity contribution in [1.82, 2.24) is 10.6 Å². The number of rotatable bonds is 5. The van der Waals surface area contributed by atoms with E-state index in [4.69, 9.17) is 0 Å². The fourth-order valence-corrected chi connectivity index (χ4v) is 0.604. The Labute approximate surface area is 101 Å². The van der Waals surface area contributed by atoms with Gasteiger partial charge in [-0.3, -0.25) is 0 Å². The highest BCUT2D eigenvalue weighted by Crippen LogP contribution is 1.65. The lowest BCUT2D eigenvalue weighted by molar-refractivity contribution is 0.703. The van der Waals surface area contributed by atoms with Crippen molar-refractivity contribution >= 4 is 0 Å². The fourth-order valence-electron chi connectivity index (χ4n) is 0.604. The first-order valence-electron chi connectivity index (χ1n) is 4.74. The standard InChI is InChI=1S/C5H13N.C4H11N.4CH4/c1-3-5-6-4-2;1-3-5-4-2;;;;/h6H,3-5H2,1-2H3;5H,3-4H2,1-2H3;4*1H4. The Morgan fingerprint density at radius 1 is 0.600 bits per heavy atom. The van der Waals surface area contributed by atoms with Crippen LogP contribution in [0, 0.1) is 0 Å². The van der Waals surface area contributed by atoms with Crippen molar-refractivity contribution in [3.63, 3.8) is 0 Å². The van der Waals surface area contributed by atoms with Gasteiger partial charge < -0.3 is 10.6 Å². The van der Waals surface area contributed by atoms with Crippen molar-refractivity contribution in [2.45, 2.75) is 63.8 Å². The minimum Gasteiger partial charge on any atom is -0.317 e. The van der Waals surface area contributed by atoms with Crippen molar-refractivity contribution in [3.05, 3.63) is 0 Å². The molecule has 0 aromatic heterocycles. The second-order valence-electron chi connectivity index (χ2n) is 2.31. The minimum atomic E-state index is 0. The Balaban J connectivity index is -0.0000000215. The molecule has 0 unspecified atom stereocenters. The summed E-state index contributed by atoms with van der Waals surface area (Å²) in [5.41, 5.74) is 0. The molecule has 2 N–H and O–H groups in total. The van der Waals surface area contributed by atoms with E-state index < -0.39 is 0 Å². The van der Waals surface area contributed by atoms with Crippen molar-refractivity contribution in [2.24, 2.45) is 0 Å². The maximum absolute atomic E-state index is 3.20. The number of hydrogen-bond acceptors (Lipinski definition) is 2. The van der Waals surface area contributed by atoms with Crippen LogP contribution >= 0.6 is 0 Å². The van der Waals surface area contributed by atoms with Gasteiger partial charge in [-0.15, -0.1) is 0 Å². The highest BCUT2D eigenvalue weighted by Gasteiger charge is 1.71. The first-order chi connectivity index (χ1) is 5.33. The number of nitrogens with one attached hydrogen (secondary N) is 2. The summed E-state index contributed by atoms with van der Waals surface area (Å²) in [6.45, 7) is 12.9. The summed E-state index contributed by atoms with van der Waals surface area (Å²) in [5.74, 6) is 0. The molecule has 0 heterocycles. The predicted octanol–water partition coefficient (Wildman–Crippen LogP) is 4.17. The van der Waals surface area contributed by atoms with E-state index in [1.807, 2.05) is 0 Å². The second kappa shape index (κ2) is 48.5. The van der Waals surface area contributed by atoms with Crippen molar-refractivity contribution < 1.29 is 0 Å². The van der Waals surface area contributed by atoms with Gasteiger partial charge in [-0.2, -0.15) is 0 Å². The van der Waals surface area contributed by atoms with Crippen LogP contribution in [0.3, 0.4) is 0 Å². The molecule has 0 saturated heterocycles. The average molecular weight is 224 g/mol. The Kier molecular flexibility index (Phi) is 118. The van der Waals surface area contributed by atoms with Gasteiger partial charge in [-0.05, 0) is 32.6 Å². The van der Waals surface area contributed by atoms with Gasteiger partial charge in [0.25, 0.3) is 0 Å². The maximum Gasteiger partial charge on any atom is -0.00517 e. The lowest BCUT2D eigenvalue weighted by atomic mass is 10.5. The summed E-state index contributed by atoms with van der Waals surface area (Å²) in [7, 11) is 0. The van der Waals surface area contributed by atoms with E-state index in [0.29, 0.717) is 0 Å². The first-order valence-corrected chi connectivity index (χ1v) is 4.74. The van der Waals surface area contributed by atoms with Crippen LogP contribution in [0.2, 0.25) is 0 Å². The van der Waals surface area contributed by atoms with E-state index in [0.717, 1.165) is 26.2 Å². The quantitative estimate of drug-likeness (QED) is 0.685. The monoisotopic (exact) mass is 224 g/mol. The molecule has 0 amide bonds. The van der Waals surface area contributed by atoms with E-state index in [9.17, 15) is 0 Å². The molecule has 0 aromatic carbocycles. The SMILES string of the molecule is C.C.C.C.CCCNCC.CCNCC. The molecular weight excluding hydrogens is 184 g/mol. The Morgan fingerprint density at radius 3 is 1.00 bits per heavy atom. The topological polar surface area (TPSA) is 24.1 Å². The predicted molar refractivity (Wildman–Crippen MR) is 80.0 cm³/mol. The van der Waals surface area contributed by atoms with Gasteiger partial charge >= 0.3 is 0 Å². The van der Waals surface area contributed by atoms with Crippen molar-refractivity contribution in [2.75, 3.05) is 26.2 Å². The van der Waals surface area contributed by atoms with Gasteiger partial charge in [0.15, 0.2) is 0 Å². The summed E-state index contributed by atoms with van der Waals surface area (Å²) in [5, 5.41) is 6.31. The molecule has 0 aliphatic rings. The minimum absolute atomic E-state index is 0. The molecule has 0 radical (unpaired) electrons. The Bertz CT molecular complexity index is 41.8. The molecule has 0 spiro atoms. The van der Waals surface area contributed by atoms with E-state index in [-0.39, 0.29) is 29.7 Å². The molecule has 102 valence electrons. The summed E-state index contributed by atoms with van der Waals surface area (Å²) in [4.78, 5) is 0. The molecule has 15 heavy (non-hydrogen) atoms. The summed E-state index contributed by atoms with van der Waals surface area (Å²) < 4.78 is 0. The molecule has 0 aliphatic heterocycles. The molecule has 0 fully saturated rings. The van der Waals surface area contributed by atoms with Crippen molar-refractivity contribution in [1.29, 1.82) is 0 Å². The third kappa shape index (κ3) is 81.7. The second-order valence-corrected chi connectivity index (χ2v) is 2.31. The van der Waals surface area contributed by atoms with E-state index in [1.54, 1.807) is 0 Å². The number of hydrogen-bond donors (Lipinski definition) is 2. The summed E-state index contributed by atoms with van der Waals surface area (Å²) in [6, 6.07) is 0. The highest BCUT2D eigenvalue weighted by molar-refractivity contribution is 4.35. The van der Waals surface area contributed by atoms with E-state index in [2.05, 4.69) is 38.3 Å². The summed E-state index contributed by atoms with van der Waals surface area (Å²) in [6.07, 6.45) is 1.24. The molecule has 2 heteroatoms. The van der Waals surface area contributed by atoms with Gasteiger partial charge in [-0.25, -0.2) is 0 Å². The smallest absolute Gasteiger partial charge is 0.00517 e. The van der Waals surface area contributed by atoms with Crippen LogP contribution in [-0.4, -0.2) is 26.2 Å². The third-order valence-electron chi connectivity index (χ3n) is 1.18. The van der Waals surface area contributed by atoms with Gasteiger partial charge in [0.2, 0.25) is 0 Å². The first kappa shape index (κ1) is 36.3. The summed E-state index contributed by atoms with van der Waals surface area (Å²) >= 11 is 0. The van der Waals surface area contributed by atoms with Crippen LogP contribution < -0.4 is 10.6 Å². The van der Waals surface area contributed by atoms with Gasteiger partial charge in [0.1, 0.15) is 0 Å². The van der Waals surface area contributed by atoms with E-state index >= 15 is 0 Å². The maximum atomic E-state index is 3.20. The van der Waals surface area contributed by atoms with Crippen LogP contribution in [0.1, 0.15) is 63.8 Å². The molecule has 0 rings (SSSR count). The molecule has 0 saturated carbocycles. The largest absolute Gasteiger partial charge is 0.317 e. The van der Waals surface area contributed by atoms with Crippen LogP contribution in [0.15, 0.2) is 0 Å².